The molecule has 0 spiro atoms. The van der Waals surface area contributed by atoms with Crippen LogP contribution in [0.25, 0.3) is 0 Å². The molecule has 0 atom stereocenters. The van der Waals surface area contributed by atoms with E-state index in [9.17, 15) is 0 Å². The molecule has 0 aromatic heterocycles. The number of rotatable bonds is 25. The molecule has 0 saturated carbocycles. The summed E-state index contributed by atoms with van der Waals surface area (Å²) in [6.07, 6.45) is 16.5. The highest BCUT2D eigenvalue weighted by atomic mass is 16.6. The summed E-state index contributed by atoms with van der Waals surface area (Å²) in [7, 11) is 0. The van der Waals surface area contributed by atoms with Crippen LogP contribution in [0.15, 0.2) is 6.07 Å². The average Bonchev–Trinajstić information content (AvgIpc) is 2.89. The number of hydrogen-bond acceptors (Lipinski definition) is 5. The van der Waals surface area contributed by atoms with Crippen molar-refractivity contribution in [1.29, 1.82) is 0 Å². The monoisotopic (exact) mass is 508 g/mol. The summed E-state index contributed by atoms with van der Waals surface area (Å²) < 4.78 is 31.7. The van der Waals surface area contributed by atoms with E-state index < -0.39 is 0 Å². The molecule has 36 heavy (non-hydrogen) atoms. The lowest BCUT2D eigenvalue weighted by atomic mass is 10.2. The van der Waals surface area contributed by atoms with E-state index in [4.69, 9.17) is 23.7 Å². The zero-order valence-corrected chi connectivity index (χ0v) is 24.3. The fourth-order valence-corrected chi connectivity index (χ4v) is 3.84. The SMILES string of the molecule is CCCCCOc1cc(OCCCCC)c(OCCCCC)c(OCCCCC)c1OCCCCC. The minimum Gasteiger partial charge on any atom is -0.489 e. The summed E-state index contributed by atoms with van der Waals surface area (Å²) in [5.41, 5.74) is 0. The second-order valence-electron chi connectivity index (χ2n) is 9.64. The fourth-order valence-electron chi connectivity index (χ4n) is 3.84. The number of ether oxygens (including phenoxy) is 5. The lowest BCUT2D eigenvalue weighted by Crippen LogP contribution is -2.10. The normalized spacial score (nSPS) is 10.9. The first-order valence-corrected chi connectivity index (χ1v) is 15.1. The molecule has 0 N–H and O–H groups in total. The molecule has 0 aliphatic rings. The van der Waals surface area contributed by atoms with Crippen molar-refractivity contribution in [3.05, 3.63) is 6.07 Å². The maximum Gasteiger partial charge on any atom is 0.211 e. The van der Waals surface area contributed by atoms with Crippen LogP contribution in [0.2, 0.25) is 0 Å². The number of hydrogen-bond donors (Lipinski definition) is 0. The summed E-state index contributed by atoms with van der Waals surface area (Å²) in [5.74, 6) is 3.41. The van der Waals surface area contributed by atoms with Crippen molar-refractivity contribution >= 4 is 0 Å². The van der Waals surface area contributed by atoms with Crippen LogP contribution in [-0.4, -0.2) is 33.0 Å². The van der Waals surface area contributed by atoms with Gasteiger partial charge in [0.2, 0.25) is 17.2 Å². The van der Waals surface area contributed by atoms with Gasteiger partial charge in [-0.3, -0.25) is 0 Å². The Morgan fingerprint density at radius 2 is 0.639 bits per heavy atom. The molecule has 0 saturated heterocycles. The fraction of sp³-hybridized carbons (Fsp3) is 0.806. The molecule has 0 fully saturated rings. The van der Waals surface area contributed by atoms with Crippen LogP contribution in [0.4, 0.5) is 0 Å². The van der Waals surface area contributed by atoms with Gasteiger partial charge in [0.1, 0.15) is 0 Å². The van der Waals surface area contributed by atoms with Crippen LogP contribution in [0.1, 0.15) is 131 Å². The lowest BCUT2D eigenvalue weighted by Gasteiger charge is -2.23. The van der Waals surface area contributed by atoms with Crippen molar-refractivity contribution in [2.75, 3.05) is 33.0 Å². The van der Waals surface area contributed by atoms with E-state index in [0.29, 0.717) is 61.8 Å². The molecule has 0 heterocycles. The second-order valence-corrected chi connectivity index (χ2v) is 9.64. The highest BCUT2D eigenvalue weighted by molar-refractivity contribution is 5.65. The van der Waals surface area contributed by atoms with Gasteiger partial charge >= 0.3 is 0 Å². The van der Waals surface area contributed by atoms with E-state index in [1.54, 1.807) is 0 Å². The largest absolute Gasteiger partial charge is 0.489 e. The molecule has 1 aromatic carbocycles. The molecule has 5 nitrogen and oxygen atoms in total. The quantitative estimate of drug-likeness (QED) is 0.123. The smallest absolute Gasteiger partial charge is 0.211 e. The standard InChI is InChI=1S/C31H56O5/c1-6-11-16-21-32-27-26-28(33-22-17-12-7-2)30(35-24-19-14-9-4)31(36-25-20-15-10-5)29(27)34-23-18-13-8-3/h26H,6-25H2,1-5H3. The van der Waals surface area contributed by atoms with Crippen LogP contribution >= 0.6 is 0 Å². The maximum absolute atomic E-state index is 6.41. The molecular weight excluding hydrogens is 452 g/mol. The van der Waals surface area contributed by atoms with E-state index in [0.717, 1.165) is 96.3 Å². The lowest BCUT2D eigenvalue weighted by molar-refractivity contribution is 0.208. The molecule has 5 heteroatoms. The topological polar surface area (TPSA) is 46.2 Å². The van der Waals surface area contributed by atoms with Gasteiger partial charge in [0.15, 0.2) is 11.5 Å². The van der Waals surface area contributed by atoms with Gasteiger partial charge in [-0.1, -0.05) is 98.8 Å². The van der Waals surface area contributed by atoms with Crippen molar-refractivity contribution in [2.24, 2.45) is 0 Å². The molecule has 0 bridgehead atoms. The zero-order chi connectivity index (χ0) is 26.3. The zero-order valence-electron chi connectivity index (χ0n) is 24.3. The van der Waals surface area contributed by atoms with Crippen LogP contribution in [0, 0.1) is 0 Å². The van der Waals surface area contributed by atoms with E-state index >= 15 is 0 Å². The van der Waals surface area contributed by atoms with Crippen LogP contribution < -0.4 is 23.7 Å². The molecule has 0 aliphatic heterocycles. The van der Waals surface area contributed by atoms with Gasteiger partial charge in [0.25, 0.3) is 0 Å². The summed E-state index contributed by atoms with van der Waals surface area (Å²) in [6.45, 7) is 14.2. The Morgan fingerprint density at radius 1 is 0.361 bits per heavy atom. The van der Waals surface area contributed by atoms with Gasteiger partial charge in [0, 0.05) is 6.07 Å². The van der Waals surface area contributed by atoms with Crippen molar-refractivity contribution in [3.63, 3.8) is 0 Å². The summed E-state index contributed by atoms with van der Waals surface area (Å²) in [6, 6.07) is 1.97. The Labute approximate surface area is 222 Å². The molecule has 0 unspecified atom stereocenters. The predicted octanol–water partition coefficient (Wildman–Crippen LogP) is 9.53. The van der Waals surface area contributed by atoms with Gasteiger partial charge < -0.3 is 23.7 Å². The first-order valence-electron chi connectivity index (χ1n) is 15.1. The van der Waals surface area contributed by atoms with Crippen LogP contribution in [0.5, 0.6) is 28.7 Å². The summed E-state index contributed by atoms with van der Waals surface area (Å²) in [5, 5.41) is 0. The van der Waals surface area contributed by atoms with Crippen molar-refractivity contribution in [3.8, 4) is 28.7 Å². The van der Waals surface area contributed by atoms with Crippen molar-refractivity contribution in [2.45, 2.75) is 131 Å². The molecule has 0 amide bonds. The van der Waals surface area contributed by atoms with Gasteiger partial charge in [-0.2, -0.15) is 0 Å². The molecule has 0 aliphatic carbocycles. The van der Waals surface area contributed by atoms with Crippen molar-refractivity contribution in [1.82, 2.24) is 0 Å². The predicted molar refractivity (Wildman–Crippen MR) is 152 cm³/mol. The first kappa shape index (κ1) is 32.2. The Morgan fingerprint density at radius 3 is 0.944 bits per heavy atom. The Balaban J connectivity index is 3.35. The van der Waals surface area contributed by atoms with Gasteiger partial charge in [-0.05, 0) is 32.1 Å². The maximum atomic E-state index is 6.41. The first-order chi connectivity index (χ1) is 17.7. The third-order valence-electron chi connectivity index (χ3n) is 6.12. The van der Waals surface area contributed by atoms with E-state index in [2.05, 4.69) is 34.6 Å². The molecule has 210 valence electrons. The Bertz CT molecular complexity index is 600. The van der Waals surface area contributed by atoms with Gasteiger partial charge in [-0.25, -0.2) is 0 Å². The highest BCUT2D eigenvalue weighted by Gasteiger charge is 2.25. The van der Waals surface area contributed by atoms with Gasteiger partial charge in [-0.15, -0.1) is 0 Å². The van der Waals surface area contributed by atoms with E-state index in [1.165, 1.54) is 0 Å². The van der Waals surface area contributed by atoms with E-state index in [-0.39, 0.29) is 0 Å². The average molecular weight is 509 g/mol. The molecule has 1 aromatic rings. The minimum atomic E-state index is 0.624. The summed E-state index contributed by atoms with van der Waals surface area (Å²) >= 11 is 0. The molecular formula is C31H56O5. The van der Waals surface area contributed by atoms with Crippen LogP contribution in [0.3, 0.4) is 0 Å². The third-order valence-corrected chi connectivity index (χ3v) is 6.12. The number of benzene rings is 1. The Hall–Kier alpha value is -1.78. The molecule has 1 rings (SSSR count). The van der Waals surface area contributed by atoms with Crippen molar-refractivity contribution < 1.29 is 23.7 Å². The van der Waals surface area contributed by atoms with Gasteiger partial charge in [0.05, 0.1) is 33.0 Å². The van der Waals surface area contributed by atoms with Crippen LogP contribution in [-0.2, 0) is 0 Å². The Kier molecular flexibility index (Phi) is 20.1. The van der Waals surface area contributed by atoms with E-state index in [1.807, 2.05) is 6.07 Å². The molecule has 0 radical (unpaired) electrons. The highest BCUT2D eigenvalue weighted by Crippen LogP contribution is 2.51. The second kappa shape index (κ2) is 22.4. The minimum absolute atomic E-state index is 0.624. The third kappa shape index (κ3) is 13.5. The number of unbranched alkanes of at least 4 members (excludes halogenated alkanes) is 10. The summed E-state index contributed by atoms with van der Waals surface area (Å²) in [4.78, 5) is 0.